The molecular formula is C12H12F3NO3. The van der Waals surface area contributed by atoms with E-state index in [-0.39, 0.29) is 17.2 Å². The third-order valence-electron chi connectivity index (χ3n) is 2.78. The van der Waals surface area contributed by atoms with E-state index < -0.39 is 12.1 Å². The second-order valence-corrected chi connectivity index (χ2v) is 4.06. The second kappa shape index (κ2) is 4.99. The van der Waals surface area contributed by atoms with Crippen molar-refractivity contribution < 1.29 is 27.4 Å². The van der Waals surface area contributed by atoms with Crippen LogP contribution in [-0.2, 0) is 0 Å². The third kappa shape index (κ3) is 3.10. The molecule has 1 aliphatic rings. The molecule has 0 unspecified atom stereocenters. The number of carbonyl (C=O) groups is 1. The van der Waals surface area contributed by atoms with Gasteiger partial charge in [-0.3, -0.25) is 4.79 Å². The van der Waals surface area contributed by atoms with E-state index in [2.05, 4.69) is 4.74 Å². The molecule has 1 fully saturated rings. The van der Waals surface area contributed by atoms with Crippen LogP contribution in [-0.4, -0.2) is 37.4 Å². The molecule has 104 valence electrons. The second-order valence-electron chi connectivity index (χ2n) is 4.06. The first-order valence-corrected chi connectivity index (χ1v) is 5.64. The number of ether oxygens (including phenoxy) is 2. The monoisotopic (exact) mass is 275 g/mol. The Hall–Kier alpha value is -1.92. The van der Waals surface area contributed by atoms with Gasteiger partial charge >= 0.3 is 6.36 Å². The summed E-state index contributed by atoms with van der Waals surface area (Å²) in [6.07, 6.45) is -3.92. The Balaban J connectivity index is 2.26. The van der Waals surface area contributed by atoms with Gasteiger partial charge in [0.15, 0.2) is 11.5 Å². The normalized spacial score (nSPS) is 14.8. The van der Waals surface area contributed by atoms with Crippen LogP contribution in [0.15, 0.2) is 18.2 Å². The molecule has 0 N–H and O–H groups in total. The highest BCUT2D eigenvalue weighted by Gasteiger charge is 2.33. The predicted molar refractivity (Wildman–Crippen MR) is 60.2 cm³/mol. The summed E-state index contributed by atoms with van der Waals surface area (Å²) in [4.78, 5) is 13.4. The van der Waals surface area contributed by atoms with E-state index in [1.807, 2.05) is 0 Å². The summed E-state index contributed by atoms with van der Waals surface area (Å²) in [5, 5.41) is 0. The van der Waals surface area contributed by atoms with Crippen LogP contribution in [0.4, 0.5) is 13.2 Å². The zero-order chi connectivity index (χ0) is 14.0. The minimum Gasteiger partial charge on any atom is -0.493 e. The fourth-order valence-corrected chi connectivity index (χ4v) is 1.72. The maximum absolute atomic E-state index is 12.3. The summed E-state index contributed by atoms with van der Waals surface area (Å²) in [6, 6.07) is 3.75. The minimum absolute atomic E-state index is 0.0718. The molecule has 2 rings (SSSR count). The number of benzene rings is 1. The number of carbonyl (C=O) groups excluding carboxylic acids is 1. The highest BCUT2D eigenvalue weighted by molar-refractivity contribution is 5.95. The number of amides is 1. The average Bonchev–Trinajstić information content (AvgIpc) is 2.24. The molecule has 0 spiro atoms. The molecule has 1 aromatic rings. The van der Waals surface area contributed by atoms with E-state index in [0.29, 0.717) is 13.1 Å². The number of alkyl halides is 3. The molecule has 1 aromatic carbocycles. The Morgan fingerprint density at radius 1 is 1.26 bits per heavy atom. The zero-order valence-corrected chi connectivity index (χ0v) is 10.2. The molecule has 0 radical (unpaired) electrons. The van der Waals surface area contributed by atoms with E-state index in [1.54, 1.807) is 4.90 Å². The Morgan fingerprint density at radius 3 is 2.42 bits per heavy atom. The quantitative estimate of drug-likeness (QED) is 0.850. The van der Waals surface area contributed by atoms with Crippen molar-refractivity contribution in [2.75, 3.05) is 20.2 Å². The van der Waals surface area contributed by atoms with Gasteiger partial charge in [0, 0.05) is 18.7 Å². The average molecular weight is 275 g/mol. The largest absolute Gasteiger partial charge is 0.573 e. The molecule has 19 heavy (non-hydrogen) atoms. The smallest absolute Gasteiger partial charge is 0.493 e. The van der Waals surface area contributed by atoms with Crippen molar-refractivity contribution in [3.05, 3.63) is 23.8 Å². The van der Waals surface area contributed by atoms with Crippen molar-refractivity contribution in [3.8, 4) is 11.5 Å². The Labute approximate surface area is 107 Å². The van der Waals surface area contributed by atoms with Crippen molar-refractivity contribution in [3.63, 3.8) is 0 Å². The summed E-state index contributed by atoms with van der Waals surface area (Å²) < 4.78 is 45.4. The van der Waals surface area contributed by atoms with Gasteiger partial charge in [-0.1, -0.05) is 0 Å². The van der Waals surface area contributed by atoms with Crippen molar-refractivity contribution in [1.29, 1.82) is 0 Å². The van der Waals surface area contributed by atoms with Gasteiger partial charge in [0.05, 0.1) is 7.11 Å². The lowest BCUT2D eigenvalue weighted by atomic mass is 10.1. The van der Waals surface area contributed by atoms with Crippen LogP contribution in [0.3, 0.4) is 0 Å². The maximum Gasteiger partial charge on any atom is 0.573 e. The number of halogens is 3. The third-order valence-corrected chi connectivity index (χ3v) is 2.78. The predicted octanol–water partition coefficient (Wildman–Crippen LogP) is 2.44. The van der Waals surface area contributed by atoms with Gasteiger partial charge < -0.3 is 14.4 Å². The fourth-order valence-electron chi connectivity index (χ4n) is 1.72. The standard InChI is InChI=1S/C12H12F3NO3/c1-18-9-4-3-8(11(17)16-5-2-6-16)7-10(9)19-12(13,14)15/h3-4,7H,2,5-6H2,1H3. The van der Waals surface area contributed by atoms with Crippen LogP contribution in [0.2, 0.25) is 0 Å². The molecule has 0 bridgehead atoms. The van der Waals surface area contributed by atoms with E-state index >= 15 is 0 Å². The van der Waals surface area contributed by atoms with Gasteiger partial charge in [0.2, 0.25) is 0 Å². The van der Waals surface area contributed by atoms with Crippen molar-refractivity contribution >= 4 is 5.91 Å². The van der Waals surface area contributed by atoms with E-state index in [0.717, 1.165) is 12.5 Å². The summed E-state index contributed by atoms with van der Waals surface area (Å²) >= 11 is 0. The van der Waals surface area contributed by atoms with Crippen LogP contribution in [0, 0.1) is 0 Å². The lowest BCUT2D eigenvalue weighted by Crippen LogP contribution is -2.42. The molecule has 0 atom stereocenters. The maximum atomic E-state index is 12.3. The first-order chi connectivity index (χ1) is 8.90. The summed E-state index contributed by atoms with van der Waals surface area (Å²) in [6.45, 7) is 1.25. The van der Waals surface area contributed by atoms with Crippen molar-refractivity contribution in [2.45, 2.75) is 12.8 Å². The highest BCUT2D eigenvalue weighted by Crippen LogP contribution is 2.33. The molecule has 0 saturated carbocycles. The lowest BCUT2D eigenvalue weighted by Gasteiger charge is -2.31. The van der Waals surface area contributed by atoms with Crippen molar-refractivity contribution in [1.82, 2.24) is 4.90 Å². The zero-order valence-electron chi connectivity index (χ0n) is 10.2. The van der Waals surface area contributed by atoms with Gasteiger partial charge in [0.25, 0.3) is 5.91 Å². The molecule has 0 aromatic heterocycles. The molecule has 1 saturated heterocycles. The number of methoxy groups -OCH3 is 1. The van der Waals surface area contributed by atoms with Crippen LogP contribution < -0.4 is 9.47 Å². The fraction of sp³-hybridized carbons (Fsp3) is 0.417. The Bertz CT molecular complexity index is 484. The molecule has 1 aliphatic heterocycles. The topological polar surface area (TPSA) is 38.8 Å². The van der Waals surface area contributed by atoms with Crippen LogP contribution in [0.1, 0.15) is 16.8 Å². The first-order valence-electron chi connectivity index (χ1n) is 5.64. The summed E-state index contributed by atoms with van der Waals surface area (Å²) in [5.74, 6) is -0.889. The Kier molecular flexibility index (Phi) is 3.55. The van der Waals surface area contributed by atoms with Gasteiger partial charge in [-0.15, -0.1) is 13.2 Å². The van der Waals surface area contributed by atoms with Crippen LogP contribution in [0.25, 0.3) is 0 Å². The molecule has 1 heterocycles. The van der Waals surface area contributed by atoms with Gasteiger partial charge in [-0.25, -0.2) is 0 Å². The first kappa shape index (κ1) is 13.5. The van der Waals surface area contributed by atoms with E-state index in [4.69, 9.17) is 4.74 Å². The van der Waals surface area contributed by atoms with Crippen LogP contribution in [0.5, 0.6) is 11.5 Å². The van der Waals surface area contributed by atoms with E-state index in [9.17, 15) is 18.0 Å². The highest BCUT2D eigenvalue weighted by atomic mass is 19.4. The number of rotatable bonds is 3. The number of hydrogen-bond acceptors (Lipinski definition) is 3. The SMILES string of the molecule is COc1ccc(C(=O)N2CCC2)cc1OC(F)(F)F. The number of likely N-dealkylation sites (tertiary alicyclic amines) is 1. The van der Waals surface area contributed by atoms with E-state index in [1.165, 1.54) is 19.2 Å². The van der Waals surface area contributed by atoms with Crippen molar-refractivity contribution in [2.24, 2.45) is 0 Å². The Morgan fingerprint density at radius 2 is 1.95 bits per heavy atom. The summed E-state index contributed by atoms with van der Waals surface area (Å²) in [7, 11) is 1.23. The van der Waals surface area contributed by atoms with Gasteiger partial charge in [-0.2, -0.15) is 0 Å². The number of nitrogens with zero attached hydrogens (tertiary/aromatic N) is 1. The molecule has 4 nitrogen and oxygen atoms in total. The minimum atomic E-state index is -4.83. The lowest BCUT2D eigenvalue weighted by molar-refractivity contribution is -0.275. The summed E-state index contributed by atoms with van der Waals surface area (Å²) in [5.41, 5.74) is 0.153. The number of hydrogen-bond donors (Lipinski definition) is 0. The van der Waals surface area contributed by atoms with Gasteiger partial charge in [-0.05, 0) is 24.6 Å². The van der Waals surface area contributed by atoms with Crippen LogP contribution >= 0.6 is 0 Å². The molecule has 0 aliphatic carbocycles. The molecule has 7 heteroatoms. The molecular weight excluding hydrogens is 263 g/mol. The molecule has 1 amide bonds. The van der Waals surface area contributed by atoms with Gasteiger partial charge in [0.1, 0.15) is 0 Å².